The summed E-state index contributed by atoms with van der Waals surface area (Å²) in [6.07, 6.45) is 0.324. The van der Waals surface area contributed by atoms with Gasteiger partial charge in [0.05, 0.1) is 23.5 Å². The maximum Gasteiger partial charge on any atom is 0.123 e. The van der Waals surface area contributed by atoms with Gasteiger partial charge in [-0.1, -0.05) is 0 Å². The fraction of sp³-hybridized carbons (Fsp3) is 0.200. The summed E-state index contributed by atoms with van der Waals surface area (Å²) < 4.78 is 1.91. The van der Waals surface area contributed by atoms with Crippen molar-refractivity contribution in [2.45, 2.75) is 6.42 Å². The molecule has 4 nitrogen and oxygen atoms in total. The standard InChI is InChI=1S/C10H10N4/c1-14-9-3-2-7(12)6-8(9)13-10(14)4-5-11/h2-3,6H,4,12H2,1H3. The van der Waals surface area contributed by atoms with E-state index in [1.165, 1.54) is 0 Å². The highest BCUT2D eigenvalue weighted by molar-refractivity contribution is 5.79. The molecular weight excluding hydrogens is 176 g/mol. The predicted molar refractivity (Wildman–Crippen MR) is 54.4 cm³/mol. The molecule has 0 unspecified atom stereocenters. The van der Waals surface area contributed by atoms with Crippen LogP contribution < -0.4 is 5.73 Å². The molecule has 0 saturated heterocycles. The van der Waals surface area contributed by atoms with Crippen molar-refractivity contribution in [3.05, 3.63) is 24.0 Å². The molecule has 2 aromatic rings. The Bertz CT molecular complexity index is 519. The molecule has 2 rings (SSSR count). The second-order valence-corrected chi connectivity index (χ2v) is 3.17. The van der Waals surface area contributed by atoms with Gasteiger partial charge < -0.3 is 10.3 Å². The minimum atomic E-state index is 0.324. The Kier molecular flexibility index (Phi) is 1.86. The molecule has 1 aromatic heterocycles. The van der Waals surface area contributed by atoms with Gasteiger partial charge in [-0.3, -0.25) is 0 Å². The molecule has 1 heterocycles. The number of aromatic nitrogens is 2. The van der Waals surface area contributed by atoms with Gasteiger partial charge in [-0.2, -0.15) is 5.26 Å². The number of nitriles is 1. The summed E-state index contributed by atoms with van der Waals surface area (Å²) >= 11 is 0. The lowest BCUT2D eigenvalue weighted by Crippen LogP contribution is -1.95. The molecule has 0 atom stereocenters. The summed E-state index contributed by atoms with van der Waals surface area (Å²) in [5, 5.41) is 8.60. The number of anilines is 1. The lowest BCUT2D eigenvalue weighted by atomic mass is 10.3. The molecule has 4 heteroatoms. The van der Waals surface area contributed by atoms with Gasteiger partial charge in [-0.05, 0) is 18.2 Å². The van der Waals surface area contributed by atoms with E-state index in [0.717, 1.165) is 16.9 Å². The van der Waals surface area contributed by atoms with E-state index in [-0.39, 0.29) is 0 Å². The molecule has 0 radical (unpaired) electrons. The number of nitrogen functional groups attached to an aromatic ring is 1. The molecule has 0 saturated carbocycles. The van der Waals surface area contributed by atoms with Crippen molar-refractivity contribution >= 4 is 16.7 Å². The van der Waals surface area contributed by atoms with E-state index in [1.54, 1.807) is 0 Å². The first kappa shape index (κ1) is 8.57. The van der Waals surface area contributed by atoms with Crippen LogP contribution in [0.5, 0.6) is 0 Å². The van der Waals surface area contributed by atoms with Crippen molar-refractivity contribution < 1.29 is 0 Å². The number of imidazole rings is 1. The van der Waals surface area contributed by atoms with E-state index in [4.69, 9.17) is 11.0 Å². The van der Waals surface area contributed by atoms with Crippen LogP contribution in [0.3, 0.4) is 0 Å². The molecule has 0 spiro atoms. The summed E-state index contributed by atoms with van der Waals surface area (Å²) in [4.78, 5) is 4.32. The average Bonchev–Trinajstić information content (AvgIpc) is 2.44. The van der Waals surface area contributed by atoms with E-state index >= 15 is 0 Å². The molecule has 0 amide bonds. The molecule has 0 bridgehead atoms. The monoisotopic (exact) mass is 186 g/mol. The number of hydrogen-bond acceptors (Lipinski definition) is 3. The third-order valence-electron chi connectivity index (χ3n) is 2.23. The van der Waals surface area contributed by atoms with Gasteiger partial charge in [0.2, 0.25) is 0 Å². The fourth-order valence-corrected chi connectivity index (χ4v) is 1.50. The minimum Gasteiger partial charge on any atom is -0.399 e. The summed E-state index contributed by atoms with van der Waals surface area (Å²) in [6, 6.07) is 7.65. The first-order valence-corrected chi connectivity index (χ1v) is 4.30. The van der Waals surface area contributed by atoms with Crippen LogP contribution in [0.15, 0.2) is 18.2 Å². The van der Waals surface area contributed by atoms with Gasteiger partial charge in [0.15, 0.2) is 0 Å². The van der Waals surface area contributed by atoms with Crippen LogP contribution in [-0.2, 0) is 13.5 Å². The number of hydrogen-bond donors (Lipinski definition) is 1. The number of fused-ring (bicyclic) bond motifs is 1. The summed E-state index contributed by atoms with van der Waals surface area (Å²) in [6.45, 7) is 0. The molecule has 1 aromatic carbocycles. The smallest absolute Gasteiger partial charge is 0.123 e. The first-order chi connectivity index (χ1) is 6.72. The lowest BCUT2D eigenvalue weighted by Gasteiger charge is -1.97. The van der Waals surface area contributed by atoms with Crippen molar-refractivity contribution in [3.63, 3.8) is 0 Å². The van der Waals surface area contributed by atoms with E-state index in [1.807, 2.05) is 29.8 Å². The highest BCUT2D eigenvalue weighted by Crippen LogP contribution is 2.17. The van der Waals surface area contributed by atoms with Crippen LogP contribution in [0, 0.1) is 11.3 Å². The van der Waals surface area contributed by atoms with E-state index in [0.29, 0.717) is 12.1 Å². The second-order valence-electron chi connectivity index (χ2n) is 3.17. The Morgan fingerprint density at radius 1 is 1.57 bits per heavy atom. The van der Waals surface area contributed by atoms with Crippen LogP contribution in [-0.4, -0.2) is 9.55 Å². The van der Waals surface area contributed by atoms with Gasteiger partial charge in [0, 0.05) is 12.7 Å². The Balaban J connectivity index is 2.68. The summed E-state index contributed by atoms with van der Waals surface area (Å²) in [5.74, 6) is 0.771. The third-order valence-corrected chi connectivity index (χ3v) is 2.23. The zero-order chi connectivity index (χ0) is 10.1. The Morgan fingerprint density at radius 3 is 3.07 bits per heavy atom. The molecule has 0 aliphatic rings. The Morgan fingerprint density at radius 2 is 2.36 bits per heavy atom. The first-order valence-electron chi connectivity index (χ1n) is 4.30. The number of benzene rings is 1. The van der Waals surface area contributed by atoms with Crippen LogP contribution in [0.1, 0.15) is 5.82 Å². The normalized spacial score (nSPS) is 10.3. The quantitative estimate of drug-likeness (QED) is 0.681. The summed E-state index contributed by atoms with van der Waals surface area (Å²) in [5.41, 5.74) is 8.19. The highest BCUT2D eigenvalue weighted by Gasteiger charge is 2.06. The number of nitrogens with zero attached hydrogens (tertiary/aromatic N) is 3. The molecule has 0 aliphatic heterocycles. The molecular formula is C10H10N4. The molecule has 14 heavy (non-hydrogen) atoms. The number of rotatable bonds is 1. The molecule has 2 N–H and O–H groups in total. The van der Waals surface area contributed by atoms with Gasteiger partial charge in [0.25, 0.3) is 0 Å². The largest absolute Gasteiger partial charge is 0.399 e. The molecule has 70 valence electrons. The van der Waals surface area contributed by atoms with Gasteiger partial charge in [-0.15, -0.1) is 0 Å². The highest BCUT2D eigenvalue weighted by atomic mass is 15.1. The topological polar surface area (TPSA) is 67.6 Å². The Hall–Kier alpha value is -2.02. The SMILES string of the molecule is Cn1c(CC#N)nc2cc(N)ccc21. The van der Waals surface area contributed by atoms with Crippen LogP contribution in [0.25, 0.3) is 11.0 Å². The van der Waals surface area contributed by atoms with Gasteiger partial charge in [0.1, 0.15) is 5.82 Å². The van der Waals surface area contributed by atoms with Crippen molar-refractivity contribution in [2.75, 3.05) is 5.73 Å². The van der Waals surface area contributed by atoms with Gasteiger partial charge >= 0.3 is 0 Å². The fourth-order valence-electron chi connectivity index (χ4n) is 1.50. The van der Waals surface area contributed by atoms with E-state index in [9.17, 15) is 0 Å². The predicted octanol–water partition coefficient (Wildman–Crippen LogP) is 1.22. The van der Waals surface area contributed by atoms with Crippen molar-refractivity contribution in [2.24, 2.45) is 7.05 Å². The zero-order valence-electron chi connectivity index (χ0n) is 7.86. The van der Waals surface area contributed by atoms with Crippen molar-refractivity contribution in [1.29, 1.82) is 5.26 Å². The minimum absolute atomic E-state index is 0.324. The zero-order valence-corrected chi connectivity index (χ0v) is 7.86. The number of nitrogens with two attached hydrogens (primary N) is 1. The Labute approximate surface area is 81.6 Å². The lowest BCUT2D eigenvalue weighted by molar-refractivity contribution is 0.857. The third kappa shape index (κ3) is 1.19. The van der Waals surface area contributed by atoms with Crippen LogP contribution in [0.2, 0.25) is 0 Å². The maximum atomic E-state index is 8.60. The summed E-state index contributed by atoms with van der Waals surface area (Å²) in [7, 11) is 1.90. The molecule has 0 fully saturated rings. The number of aryl methyl sites for hydroxylation is 1. The average molecular weight is 186 g/mol. The van der Waals surface area contributed by atoms with Crippen molar-refractivity contribution in [3.8, 4) is 6.07 Å². The molecule has 0 aliphatic carbocycles. The van der Waals surface area contributed by atoms with E-state index in [2.05, 4.69) is 11.1 Å². The van der Waals surface area contributed by atoms with E-state index < -0.39 is 0 Å². The van der Waals surface area contributed by atoms with Crippen LogP contribution >= 0.6 is 0 Å². The van der Waals surface area contributed by atoms with Crippen LogP contribution in [0.4, 0.5) is 5.69 Å². The van der Waals surface area contributed by atoms with Gasteiger partial charge in [-0.25, -0.2) is 4.98 Å². The van der Waals surface area contributed by atoms with Crippen molar-refractivity contribution in [1.82, 2.24) is 9.55 Å². The maximum absolute atomic E-state index is 8.60. The second kappa shape index (κ2) is 3.04.